The molecule has 0 amide bonds. The third-order valence-electron chi connectivity index (χ3n) is 1.45. The Morgan fingerprint density at radius 2 is 2.00 bits per heavy atom. The Hall–Kier alpha value is 0.440. The first-order valence-corrected chi connectivity index (χ1v) is 4.95. The summed E-state index contributed by atoms with van der Waals surface area (Å²) >= 11 is 3.59. The number of hydrogen-bond acceptors (Lipinski definition) is 1. The number of rotatable bonds is 5. The van der Waals surface area contributed by atoms with Crippen LogP contribution in [0.3, 0.4) is 0 Å². The highest BCUT2D eigenvalue weighted by Gasteiger charge is 1.99. The Labute approximate surface area is 72.7 Å². The molecule has 0 spiro atoms. The number of nitrogens with one attached hydrogen (secondary N) is 1. The van der Waals surface area contributed by atoms with E-state index in [1.807, 2.05) is 0 Å². The molecule has 0 aliphatic heterocycles. The predicted molar refractivity (Wildman–Crippen MR) is 50.8 cm³/mol. The molecular formula is C8H18BrN. The van der Waals surface area contributed by atoms with E-state index in [0.717, 1.165) is 6.54 Å². The Morgan fingerprint density at radius 1 is 1.40 bits per heavy atom. The molecule has 0 aromatic rings. The molecule has 0 aliphatic rings. The monoisotopic (exact) mass is 207 g/mol. The fraction of sp³-hybridized carbons (Fsp3) is 1.00. The average Bonchev–Trinajstić information content (AvgIpc) is 1.87. The SMILES string of the molecule is CCC(Br)CCNC(C)C. The van der Waals surface area contributed by atoms with Crippen LogP contribution in [0.25, 0.3) is 0 Å². The molecule has 0 aromatic carbocycles. The van der Waals surface area contributed by atoms with Crippen molar-refractivity contribution in [3.05, 3.63) is 0 Å². The third kappa shape index (κ3) is 6.56. The van der Waals surface area contributed by atoms with Crippen LogP contribution in [0.4, 0.5) is 0 Å². The van der Waals surface area contributed by atoms with E-state index in [2.05, 4.69) is 42.0 Å². The summed E-state index contributed by atoms with van der Waals surface area (Å²) in [6.45, 7) is 7.68. The third-order valence-corrected chi connectivity index (χ3v) is 2.56. The van der Waals surface area contributed by atoms with Crippen LogP contribution >= 0.6 is 15.9 Å². The minimum Gasteiger partial charge on any atom is -0.314 e. The lowest BCUT2D eigenvalue weighted by molar-refractivity contribution is 0.562. The van der Waals surface area contributed by atoms with Gasteiger partial charge in [0.05, 0.1) is 0 Å². The van der Waals surface area contributed by atoms with Crippen molar-refractivity contribution in [2.24, 2.45) is 0 Å². The maximum atomic E-state index is 3.59. The van der Waals surface area contributed by atoms with Gasteiger partial charge in [0.25, 0.3) is 0 Å². The number of halogens is 1. The van der Waals surface area contributed by atoms with Crippen molar-refractivity contribution >= 4 is 15.9 Å². The first-order chi connectivity index (χ1) is 4.66. The van der Waals surface area contributed by atoms with Crippen molar-refractivity contribution in [2.75, 3.05) is 6.54 Å². The van der Waals surface area contributed by atoms with Gasteiger partial charge in [-0.3, -0.25) is 0 Å². The van der Waals surface area contributed by atoms with Gasteiger partial charge < -0.3 is 5.32 Å². The van der Waals surface area contributed by atoms with E-state index < -0.39 is 0 Å². The maximum Gasteiger partial charge on any atom is 0.0155 e. The lowest BCUT2D eigenvalue weighted by Gasteiger charge is -2.09. The van der Waals surface area contributed by atoms with Crippen LogP contribution in [-0.2, 0) is 0 Å². The highest BCUT2D eigenvalue weighted by atomic mass is 79.9. The van der Waals surface area contributed by atoms with E-state index in [9.17, 15) is 0 Å². The molecule has 0 rings (SSSR count). The standard InChI is InChI=1S/C8H18BrN/c1-4-8(9)5-6-10-7(2)3/h7-8,10H,4-6H2,1-3H3. The maximum absolute atomic E-state index is 3.59. The van der Waals surface area contributed by atoms with Gasteiger partial charge in [-0.25, -0.2) is 0 Å². The zero-order valence-corrected chi connectivity index (χ0v) is 8.74. The van der Waals surface area contributed by atoms with Crippen molar-refractivity contribution in [1.29, 1.82) is 0 Å². The van der Waals surface area contributed by atoms with Crippen molar-refractivity contribution in [3.8, 4) is 0 Å². The lowest BCUT2D eigenvalue weighted by Crippen LogP contribution is -2.25. The van der Waals surface area contributed by atoms with Crippen molar-refractivity contribution in [3.63, 3.8) is 0 Å². The summed E-state index contributed by atoms with van der Waals surface area (Å²) in [5, 5.41) is 3.38. The summed E-state index contributed by atoms with van der Waals surface area (Å²) < 4.78 is 0. The zero-order valence-electron chi connectivity index (χ0n) is 7.15. The average molecular weight is 208 g/mol. The van der Waals surface area contributed by atoms with Gasteiger partial charge in [0.1, 0.15) is 0 Å². The van der Waals surface area contributed by atoms with E-state index >= 15 is 0 Å². The smallest absolute Gasteiger partial charge is 0.0155 e. The van der Waals surface area contributed by atoms with Crippen LogP contribution in [0.1, 0.15) is 33.6 Å². The van der Waals surface area contributed by atoms with Gasteiger partial charge in [0.2, 0.25) is 0 Å². The molecule has 0 fully saturated rings. The van der Waals surface area contributed by atoms with Crippen molar-refractivity contribution < 1.29 is 0 Å². The highest BCUT2D eigenvalue weighted by molar-refractivity contribution is 9.09. The van der Waals surface area contributed by atoms with Gasteiger partial charge in [0.15, 0.2) is 0 Å². The summed E-state index contributed by atoms with van der Waals surface area (Å²) in [6.07, 6.45) is 2.45. The molecule has 0 heterocycles. The van der Waals surface area contributed by atoms with Crippen LogP contribution in [0.5, 0.6) is 0 Å². The number of alkyl halides is 1. The molecule has 0 aromatic heterocycles. The van der Waals surface area contributed by atoms with Gasteiger partial charge >= 0.3 is 0 Å². The van der Waals surface area contributed by atoms with Crippen LogP contribution < -0.4 is 5.32 Å². The summed E-state index contributed by atoms with van der Waals surface area (Å²) in [5.74, 6) is 0. The van der Waals surface area contributed by atoms with E-state index in [-0.39, 0.29) is 0 Å². The second-order valence-corrected chi connectivity index (χ2v) is 4.20. The van der Waals surface area contributed by atoms with Crippen LogP contribution in [0.15, 0.2) is 0 Å². The van der Waals surface area contributed by atoms with E-state index in [1.54, 1.807) is 0 Å². The number of hydrogen-bond donors (Lipinski definition) is 1. The van der Waals surface area contributed by atoms with Gasteiger partial charge in [-0.2, -0.15) is 0 Å². The molecule has 0 radical (unpaired) electrons. The molecule has 1 N–H and O–H groups in total. The van der Waals surface area contributed by atoms with Gasteiger partial charge in [0, 0.05) is 10.9 Å². The molecule has 0 bridgehead atoms. The van der Waals surface area contributed by atoms with E-state index in [1.165, 1.54) is 12.8 Å². The zero-order chi connectivity index (χ0) is 7.98. The van der Waals surface area contributed by atoms with E-state index in [4.69, 9.17) is 0 Å². The fourth-order valence-electron chi connectivity index (χ4n) is 0.733. The van der Waals surface area contributed by atoms with Crippen LogP contribution in [0, 0.1) is 0 Å². The molecule has 2 heteroatoms. The molecule has 0 saturated carbocycles. The Balaban J connectivity index is 3.03. The summed E-state index contributed by atoms with van der Waals surface area (Å²) in [6, 6.07) is 0.622. The second kappa shape index (κ2) is 6.17. The summed E-state index contributed by atoms with van der Waals surface area (Å²) in [5.41, 5.74) is 0. The van der Waals surface area contributed by atoms with Crippen molar-refractivity contribution in [1.82, 2.24) is 5.32 Å². The lowest BCUT2D eigenvalue weighted by atomic mass is 10.2. The minimum absolute atomic E-state index is 0.622. The molecule has 1 unspecified atom stereocenters. The summed E-state index contributed by atoms with van der Waals surface area (Å²) in [4.78, 5) is 0.693. The molecule has 1 nitrogen and oxygen atoms in total. The Bertz CT molecular complexity index is 73.7. The molecule has 0 saturated heterocycles. The molecule has 1 atom stereocenters. The fourth-order valence-corrected chi connectivity index (χ4v) is 0.962. The van der Waals surface area contributed by atoms with E-state index in [0.29, 0.717) is 10.9 Å². The van der Waals surface area contributed by atoms with Crippen LogP contribution in [0.2, 0.25) is 0 Å². The Morgan fingerprint density at radius 3 is 2.40 bits per heavy atom. The largest absolute Gasteiger partial charge is 0.314 e. The van der Waals surface area contributed by atoms with Gasteiger partial charge in [-0.05, 0) is 19.4 Å². The molecule has 10 heavy (non-hydrogen) atoms. The van der Waals surface area contributed by atoms with Gasteiger partial charge in [-0.1, -0.05) is 36.7 Å². The predicted octanol–water partition coefficient (Wildman–Crippen LogP) is 2.55. The Kier molecular flexibility index (Phi) is 6.44. The van der Waals surface area contributed by atoms with Gasteiger partial charge in [-0.15, -0.1) is 0 Å². The second-order valence-electron chi connectivity index (χ2n) is 2.90. The summed E-state index contributed by atoms with van der Waals surface area (Å²) in [7, 11) is 0. The van der Waals surface area contributed by atoms with Crippen molar-refractivity contribution in [2.45, 2.75) is 44.5 Å². The topological polar surface area (TPSA) is 12.0 Å². The molecule has 0 aliphatic carbocycles. The highest BCUT2D eigenvalue weighted by Crippen LogP contribution is 2.07. The minimum atomic E-state index is 0.622. The first kappa shape index (κ1) is 10.4. The normalized spacial score (nSPS) is 14.1. The quantitative estimate of drug-likeness (QED) is 0.684. The first-order valence-electron chi connectivity index (χ1n) is 4.04. The molecular weight excluding hydrogens is 190 g/mol. The molecule has 62 valence electrons. The van der Waals surface area contributed by atoms with Crippen LogP contribution in [-0.4, -0.2) is 17.4 Å².